The molecule has 6 heteroatoms. The van der Waals surface area contributed by atoms with Gasteiger partial charge in [0, 0.05) is 0 Å². The highest BCUT2D eigenvalue weighted by atomic mass is 16.6. The van der Waals surface area contributed by atoms with E-state index in [-0.39, 0.29) is 18.0 Å². The Balaban J connectivity index is 2.46. The summed E-state index contributed by atoms with van der Waals surface area (Å²) in [6.45, 7) is 7.54. The number of ether oxygens (including phenoxy) is 2. The zero-order chi connectivity index (χ0) is 16.2. The van der Waals surface area contributed by atoms with Crippen LogP contribution in [0.2, 0.25) is 0 Å². The first-order valence-electron chi connectivity index (χ1n) is 7.53. The Kier molecular flexibility index (Phi) is 6.59. The number of carbonyl (C=O) groups excluding carboxylic acids is 1. The maximum Gasteiger partial charge on any atom is 0.306 e. The van der Waals surface area contributed by atoms with Gasteiger partial charge in [0.2, 0.25) is 0 Å². The number of hydrogen-bond acceptors (Lipinski definition) is 6. The quantitative estimate of drug-likeness (QED) is 0.622. The monoisotopic (exact) mass is 304 g/mol. The van der Waals surface area contributed by atoms with Crippen LogP contribution in [0.15, 0.2) is 0 Å². The van der Waals surface area contributed by atoms with Gasteiger partial charge in [-0.1, -0.05) is 27.2 Å². The normalized spacial score (nSPS) is 33.8. The van der Waals surface area contributed by atoms with Gasteiger partial charge in [0.05, 0.1) is 12.5 Å². The van der Waals surface area contributed by atoms with Gasteiger partial charge in [-0.25, -0.2) is 0 Å². The first-order chi connectivity index (χ1) is 9.68. The van der Waals surface area contributed by atoms with Crippen LogP contribution in [0.3, 0.4) is 0 Å². The molecule has 1 aliphatic rings. The molecular formula is C15H28O6. The number of esters is 1. The molecule has 5 atom stereocenters. The second-order valence-electron chi connectivity index (χ2n) is 6.63. The summed E-state index contributed by atoms with van der Waals surface area (Å²) in [5.41, 5.74) is -0.124. The van der Waals surface area contributed by atoms with Crippen LogP contribution >= 0.6 is 0 Å². The van der Waals surface area contributed by atoms with Gasteiger partial charge in [-0.05, 0) is 18.8 Å². The van der Waals surface area contributed by atoms with Crippen molar-refractivity contribution in [2.24, 2.45) is 5.41 Å². The molecule has 1 heterocycles. The largest absolute Gasteiger partial charge is 0.463 e. The van der Waals surface area contributed by atoms with Crippen molar-refractivity contribution in [2.75, 3.05) is 6.61 Å². The van der Waals surface area contributed by atoms with Crippen molar-refractivity contribution in [2.45, 2.75) is 77.5 Å². The Morgan fingerprint density at radius 3 is 2.38 bits per heavy atom. The minimum absolute atomic E-state index is 0.124. The van der Waals surface area contributed by atoms with Crippen LogP contribution in [0, 0.1) is 5.41 Å². The van der Waals surface area contributed by atoms with Crippen molar-refractivity contribution in [3.05, 3.63) is 0 Å². The molecule has 124 valence electrons. The topological polar surface area (TPSA) is 96.2 Å². The first-order valence-corrected chi connectivity index (χ1v) is 7.53. The van der Waals surface area contributed by atoms with Crippen LogP contribution in [0.5, 0.6) is 0 Å². The molecule has 1 saturated heterocycles. The molecule has 21 heavy (non-hydrogen) atoms. The molecule has 5 unspecified atom stereocenters. The van der Waals surface area contributed by atoms with Crippen LogP contribution in [0.25, 0.3) is 0 Å². The van der Waals surface area contributed by atoms with Crippen molar-refractivity contribution in [1.82, 2.24) is 0 Å². The van der Waals surface area contributed by atoms with Gasteiger partial charge in [-0.3, -0.25) is 4.79 Å². The SMILES string of the molecule is CCCC(C)(C)CC(=O)OCC1OC(C)C(O)C(O)C1O. The Bertz CT molecular complexity index is 343. The first kappa shape index (κ1) is 18.4. The summed E-state index contributed by atoms with van der Waals surface area (Å²) in [5, 5.41) is 29.1. The lowest BCUT2D eigenvalue weighted by atomic mass is 9.85. The van der Waals surface area contributed by atoms with E-state index in [1.165, 1.54) is 0 Å². The third-order valence-electron chi connectivity index (χ3n) is 3.91. The van der Waals surface area contributed by atoms with E-state index in [2.05, 4.69) is 6.92 Å². The number of aliphatic hydroxyl groups excluding tert-OH is 3. The fourth-order valence-electron chi connectivity index (χ4n) is 2.66. The number of rotatable bonds is 6. The zero-order valence-corrected chi connectivity index (χ0v) is 13.3. The van der Waals surface area contributed by atoms with E-state index in [1.54, 1.807) is 6.92 Å². The average Bonchev–Trinajstić information content (AvgIpc) is 2.38. The molecule has 0 spiro atoms. The minimum Gasteiger partial charge on any atom is -0.463 e. The van der Waals surface area contributed by atoms with Gasteiger partial charge in [0.25, 0.3) is 0 Å². The third-order valence-corrected chi connectivity index (χ3v) is 3.91. The maximum absolute atomic E-state index is 11.8. The van der Waals surface area contributed by atoms with Crippen LogP contribution in [-0.2, 0) is 14.3 Å². The standard InChI is InChI=1S/C15H28O6/c1-5-6-15(3,4)7-11(16)20-8-10-13(18)14(19)12(17)9(2)21-10/h9-10,12-14,17-19H,5-8H2,1-4H3. The summed E-state index contributed by atoms with van der Waals surface area (Å²) in [5.74, 6) is -0.350. The molecule has 0 aromatic carbocycles. The van der Waals surface area contributed by atoms with Gasteiger partial charge >= 0.3 is 5.97 Å². The molecule has 0 aliphatic carbocycles. The van der Waals surface area contributed by atoms with Crippen LogP contribution in [0.4, 0.5) is 0 Å². The van der Waals surface area contributed by atoms with Gasteiger partial charge in [-0.2, -0.15) is 0 Å². The molecule has 1 aliphatic heterocycles. The van der Waals surface area contributed by atoms with Crippen molar-refractivity contribution < 1.29 is 29.6 Å². The highest BCUT2D eigenvalue weighted by Gasteiger charge is 2.42. The van der Waals surface area contributed by atoms with Crippen molar-refractivity contribution in [1.29, 1.82) is 0 Å². The fraction of sp³-hybridized carbons (Fsp3) is 0.933. The number of carbonyl (C=O) groups is 1. The molecule has 1 rings (SSSR count). The summed E-state index contributed by atoms with van der Waals surface area (Å²) >= 11 is 0. The van der Waals surface area contributed by atoms with Gasteiger partial charge in [0.15, 0.2) is 0 Å². The summed E-state index contributed by atoms with van der Waals surface area (Å²) < 4.78 is 10.5. The van der Waals surface area contributed by atoms with E-state index in [4.69, 9.17) is 9.47 Å². The Morgan fingerprint density at radius 1 is 1.19 bits per heavy atom. The Labute approximate surface area is 126 Å². The highest BCUT2D eigenvalue weighted by Crippen LogP contribution is 2.27. The number of hydrogen-bond donors (Lipinski definition) is 3. The van der Waals surface area contributed by atoms with Crippen LogP contribution in [-0.4, -0.2) is 58.4 Å². The zero-order valence-electron chi connectivity index (χ0n) is 13.3. The maximum atomic E-state index is 11.8. The van der Waals surface area contributed by atoms with E-state index in [0.29, 0.717) is 6.42 Å². The van der Waals surface area contributed by atoms with E-state index in [1.807, 2.05) is 13.8 Å². The lowest BCUT2D eigenvalue weighted by molar-refractivity contribution is -0.227. The van der Waals surface area contributed by atoms with Crippen molar-refractivity contribution in [3.8, 4) is 0 Å². The van der Waals surface area contributed by atoms with Crippen molar-refractivity contribution >= 4 is 5.97 Å². The highest BCUT2D eigenvalue weighted by molar-refractivity contribution is 5.70. The van der Waals surface area contributed by atoms with Crippen molar-refractivity contribution in [3.63, 3.8) is 0 Å². The summed E-state index contributed by atoms with van der Waals surface area (Å²) in [4.78, 5) is 11.8. The molecule has 0 amide bonds. The molecule has 0 radical (unpaired) electrons. The second kappa shape index (κ2) is 7.54. The predicted molar refractivity (Wildman–Crippen MR) is 76.6 cm³/mol. The Hall–Kier alpha value is -0.690. The smallest absolute Gasteiger partial charge is 0.306 e. The van der Waals surface area contributed by atoms with E-state index < -0.39 is 30.5 Å². The van der Waals surface area contributed by atoms with Gasteiger partial charge in [-0.15, -0.1) is 0 Å². The fourth-order valence-corrected chi connectivity index (χ4v) is 2.66. The van der Waals surface area contributed by atoms with E-state index in [9.17, 15) is 20.1 Å². The predicted octanol–water partition coefficient (Wildman–Crippen LogP) is 0.616. The molecule has 0 aromatic heterocycles. The molecule has 0 aromatic rings. The molecule has 0 saturated carbocycles. The Morgan fingerprint density at radius 2 is 1.81 bits per heavy atom. The van der Waals surface area contributed by atoms with E-state index >= 15 is 0 Å². The van der Waals surface area contributed by atoms with Gasteiger partial charge < -0.3 is 24.8 Å². The summed E-state index contributed by atoms with van der Waals surface area (Å²) in [6, 6.07) is 0. The molecule has 3 N–H and O–H groups in total. The lowest BCUT2D eigenvalue weighted by Crippen LogP contribution is -2.57. The average molecular weight is 304 g/mol. The number of aliphatic hydroxyl groups is 3. The summed E-state index contributed by atoms with van der Waals surface area (Å²) in [7, 11) is 0. The lowest BCUT2D eigenvalue weighted by Gasteiger charge is -2.39. The second-order valence-corrected chi connectivity index (χ2v) is 6.63. The molecular weight excluding hydrogens is 276 g/mol. The minimum atomic E-state index is -1.30. The third kappa shape index (κ3) is 5.21. The molecule has 0 bridgehead atoms. The van der Waals surface area contributed by atoms with Crippen LogP contribution < -0.4 is 0 Å². The summed E-state index contributed by atoms with van der Waals surface area (Å²) in [6.07, 6.45) is -2.94. The van der Waals surface area contributed by atoms with E-state index in [0.717, 1.165) is 12.8 Å². The molecule has 6 nitrogen and oxygen atoms in total. The van der Waals surface area contributed by atoms with Crippen LogP contribution in [0.1, 0.15) is 47.0 Å². The molecule has 1 fully saturated rings. The van der Waals surface area contributed by atoms with Gasteiger partial charge in [0.1, 0.15) is 31.0 Å².